The molecular formula is C29H44N8O3. The van der Waals surface area contributed by atoms with Crippen molar-refractivity contribution >= 4 is 23.7 Å². The molecular weight excluding hydrogens is 508 g/mol. The van der Waals surface area contributed by atoms with Gasteiger partial charge in [-0.2, -0.15) is 0 Å². The number of nitrogens with one attached hydrogen (secondary N) is 4. The molecule has 0 fully saturated rings. The van der Waals surface area contributed by atoms with Gasteiger partial charge in [-0.15, -0.1) is 0 Å². The third-order valence-electron chi connectivity index (χ3n) is 6.67. The van der Waals surface area contributed by atoms with E-state index in [1.165, 1.54) is 0 Å². The molecule has 0 aliphatic heterocycles. The lowest BCUT2D eigenvalue weighted by Gasteiger charge is -2.27. The van der Waals surface area contributed by atoms with Crippen molar-refractivity contribution < 1.29 is 14.4 Å². The molecule has 0 heterocycles. The summed E-state index contributed by atoms with van der Waals surface area (Å²) in [5, 5.41) is 16.0. The first-order chi connectivity index (χ1) is 19.2. The van der Waals surface area contributed by atoms with E-state index in [0.717, 1.165) is 11.1 Å². The number of carbonyl (C=O) groups excluding carboxylic acids is 3. The molecule has 12 N–H and O–H groups in total. The molecule has 4 atom stereocenters. The predicted molar refractivity (Wildman–Crippen MR) is 157 cm³/mol. The molecule has 0 aliphatic rings. The van der Waals surface area contributed by atoms with E-state index in [1.54, 1.807) is 0 Å². The number of nitrogens with two attached hydrogens (primary N) is 4. The Kier molecular flexibility index (Phi) is 14.2. The third kappa shape index (κ3) is 11.8. The molecule has 0 saturated heterocycles. The average Bonchev–Trinajstić information content (AvgIpc) is 2.93. The summed E-state index contributed by atoms with van der Waals surface area (Å²) in [5.74, 6) is -2.08. The van der Waals surface area contributed by atoms with E-state index in [1.807, 2.05) is 60.7 Å². The Morgan fingerprint density at radius 3 is 2.08 bits per heavy atom. The zero-order valence-corrected chi connectivity index (χ0v) is 23.0. The van der Waals surface area contributed by atoms with E-state index in [2.05, 4.69) is 16.0 Å². The normalized spacial score (nSPS) is 13.8. The maximum Gasteiger partial charge on any atom is 0.239 e. The predicted octanol–water partition coefficient (Wildman–Crippen LogP) is 0.577. The summed E-state index contributed by atoms with van der Waals surface area (Å²) in [6.07, 6.45) is 3.51. The molecule has 218 valence electrons. The van der Waals surface area contributed by atoms with Crippen LogP contribution < -0.4 is 38.9 Å². The van der Waals surface area contributed by atoms with Crippen molar-refractivity contribution in [3.05, 3.63) is 71.8 Å². The fourth-order valence-electron chi connectivity index (χ4n) is 4.50. The maximum absolute atomic E-state index is 13.6. The van der Waals surface area contributed by atoms with Gasteiger partial charge < -0.3 is 38.9 Å². The number of primary amides is 1. The fraction of sp³-hybridized carbons (Fsp3) is 0.448. The Hall–Kier alpha value is -3.96. The SMILES string of the molecule is N=C(N)NCCC[C@H](C[C@H](C(=O)N[C@@H](CCCCN)C(N)=O)c1ccccc1)NC(=O)[C@@H](N)Cc1ccccc1. The van der Waals surface area contributed by atoms with Crippen LogP contribution in [0, 0.1) is 5.41 Å². The number of unbranched alkanes of at least 4 members (excludes halogenated alkanes) is 1. The molecule has 40 heavy (non-hydrogen) atoms. The van der Waals surface area contributed by atoms with Gasteiger partial charge in [0, 0.05) is 12.6 Å². The molecule has 0 unspecified atom stereocenters. The Morgan fingerprint density at radius 2 is 1.48 bits per heavy atom. The van der Waals surface area contributed by atoms with Crippen LogP contribution in [0.1, 0.15) is 55.6 Å². The van der Waals surface area contributed by atoms with Gasteiger partial charge in [0.2, 0.25) is 17.7 Å². The molecule has 0 aromatic heterocycles. The summed E-state index contributed by atoms with van der Waals surface area (Å²) in [4.78, 5) is 38.8. The van der Waals surface area contributed by atoms with Gasteiger partial charge in [-0.25, -0.2) is 0 Å². The summed E-state index contributed by atoms with van der Waals surface area (Å²) in [5.41, 5.74) is 24.5. The van der Waals surface area contributed by atoms with E-state index in [4.69, 9.17) is 28.3 Å². The Balaban J connectivity index is 2.21. The lowest BCUT2D eigenvalue weighted by Crippen LogP contribution is -2.49. The lowest BCUT2D eigenvalue weighted by atomic mass is 9.89. The monoisotopic (exact) mass is 552 g/mol. The zero-order valence-electron chi connectivity index (χ0n) is 23.0. The van der Waals surface area contributed by atoms with E-state index >= 15 is 0 Å². The van der Waals surface area contributed by atoms with Gasteiger partial charge >= 0.3 is 0 Å². The van der Waals surface area contributed by atoms with Crippen molar-refractivity contribution in [2.24, 2.45) is 22.9 Å². The number of hydrogen-bond acceptors (Lipinski definition) is 6. The second kappa shape index (κ2) is 17.6. The van der Waals surface area contributed by atoms with E-state index in [0.29, 0.717) is 51.6 Å². The molecule has 2 rings (SSSR count). The van der Waals surface area contributed by atoms with Crippen molar-refractivity contribution in [2.45, 2.75) is 69.0 Å². The number of benzene rings is 2. The number of amides is 3. The first kappa shape index (κ1) is 32.3. The molecule has 2 aromatic carbocycles. The summed E-state index contributed by atoms with van der Waals surface area (Å²) >= 11 is 0. The number of guanidine groups is 1. The van der Waals surface area contributed by atoms with Gasteiger partial charge in [0.25, 0.3) is 0 Å². The first-order valence-electron chi connectivity index (χ1n) is 13.7. The molecule has 0 aliphatic carbocycles. The highest BCUT2D eigenvalue weighted by molar-refractivity contribution is 5.90. The van der Waals surface area contributed by atoms with Gasteiger partial charge in [0.1, 0.15) is 6.04 Å². The van der Waals surface area contributed by atoms with Crippen LogP contribution in [-0.4, -0.2) is 54.9 Å². The average molecular weight is 553 g/mol. The number of rotatable bonds is 18. The third-order valence-corrected chi connectivity index (χ3v) is 6.67. The molecule has 0 spiro atoms. The van der Waals surface area contributed by atoms with Crippen LogP contribution in [0.15, 0.2) is 60.7 Å². The van der Waals surface area contributed by atoms with Crippen molar-refractivity contribution in [2.75, 3.05) is 13.1 Å². The Labute approximate surface area is 236 Å². The van der Waals surface area contributed by atoms with Gasteiger partial charge in [-0.05, 0) is 62.6 Å². The minimum atomic E-state index is -0.822. The Morgan fingerprint density at radius 1 is 0.825 bits per heavy atom. The second-order valence-electron chi connectivity index (χ2n) is 9.93. The summed E-state index contributed by atoms with van der Waals surface area (Å²) in [7, 11) is 0. The molecule has 0 radical (unpaired) electrons. The minimum Gasteiger partial charge on any atom is -0.370 e. The lowest BCUT2D eigenvalue weighted by molar-refractivity contribution is -0.129. The highest BCUT2D eigenvalue weighted by Crippen LogP contribution is 2.24. The highest BCUT2D eigenvalue weighted by atomic mass is 16.2. The number of carbonyl (C=O) groups is 3. The van der Waals surface area contributed by atoms with Crippen LogP contribution in [-0.2, 0) is 20.8 Å². The molecule has 0 saturated carbocycles. The van der Waals surface area contributed by atoms with Crippen molar-refractivity contribution in [3.63, 3.8) is 0 Å². The maximum atomic E-state index is 13.6. The summed E-state index contributed by atoms with van der Waals surface area (Å²) < 4.78 is 0. The second-order valence-corrected chi connectivity index (χ2v) is 9.93. The largest absolute Gasteiger partial charge is 0.370 e. The van der Waals surface area contributed by atoms with Gasteiger partial charge in [0.15, 0.2) is 5.96 Å². The number of hydrogen-bond donors (Lipinski definition) is 8. The van der Waals surface area contributed by atoms with Crippen LogP contribution in [0.3, 0.4) is 0 Å². The molecule has 2 aromatic rings. The highest BCUT2D eigenvalue weighted by Gasteiger charge is 2.29. The van der Waals surface area contributed by atoms with Crippen molar-refractivity contribution in [1.29, 1.82) is 5.41 Å². The van der Waals surface area contributed by atoms with Crippen LogP contribution in [0.5, 0.6) is 0 Å². The minimum absolute atomic E-state index is 0.140. The van der Waals surface area contributed by atoms with Crippen LogP contribution in [0.25, 0.3) is 0 Å². The standard InChI is InChI=1S/C29H44N8O3/c30-16-8-7-15-25(26(32)38)37-27(39)23(21-12-5-2-6-13-21)19-22(14-9-17-35-29(33)34)36-28(40)24(31)18-20-10-3-1-4-11-20/h1-6,10-13,22-25H,7-9,14-19,30-31H2,(H2,32,38)(H,36,40)(H,37,39)(H4,33,34,35)/t22-,23+,24+,25+/m1/s1. The molecule has 11 heteroatoms. The van der Waals surface area contributed by atoms with Crippen molar-refractivity contribution in [1.82, 2.24) is 16.0 Å². The summed E-state index contributed by atoms with van der Waals surface area (Å²) in [6.45, 7) is 0.920. The zero-order chi connectivity index (χ0) is 29.3. The van der Waals surface area contributed by atoms with Crippen LogP contribution >= 0.6 is 0 Å². The molecule has 0 bridgehead atoms. The smallest absolute Gasteiger partial charge is 0.239 e. The van der Waals surface area contributed by atoms with E-state index in [-0.39, 0.29) is 24.2 Å². The summed E-state index contributed by atoms with van der Waals surface area (Å²) in [6, 6.07) is 16.7. The van der Waals surface area contributed by atoms with Crippen molar-refractivity contribution in [3.8, 4) is 0 Å². The molecule has 11 nitrogen and oxygen atoms in total. The van der Waals surface area contributed by atoms with Gasteiger partial charge in [0.05, 0.1) is 12.0 Å². The first-order valence-corrected chi connectivity index (χ1v) is 13.7. The van der Waals surface area contributed by atoms with Gasteiger partial charge in [-0.3, -0.25) is 19.8 Å². The Bertz CT molecular complexity index is 1070. The van der Waals surface area contributed by atoms with Gasteiger partial charge in [-0.1, -0.05) is 60.7 Å². The van der Waals surface area contributed by atoms with E-state index in [9.17, 15) is 14.4 Å². The van der Waals surface area contributed by atoms with Crippen LogP contribution in [0.4, 0.5) is 0 Å². The fourth-order valence-corrected chi connectivity index (χ4v) is 4.50. The van der Waals surface area contributed by atoms with E-state index < -0.39 is 30.0 Å². The molecule has 3 amide bonds. The topological polar surface area (TPSA) is 215 Å². The quantitative estimate of drug-likeness (QED) is 0.0746. The van der Waals surface area contributed by atoms with Crippen LogP contribution in [0.2, 0.25) is 0 Å².